The van der Waals surface area contributed by atoms with Crippen LogP contribution < -0.4 is 10.5 Å². The van der Waals surface area contributed by atoms with Crippen molar-refractivity contribution in [3.8, 4) is 0 Å². The molecule has 0 amide bonds. The Hall–Kier alpha value is -1.43. The van der Waals surface area contributed by atoms with E-state index in [9.17, 15) is 8.42 Å². The molecule has 2 aromatic carbocycles. The number of sulfonamides is 1. The highest BCUT2D eigenvalue weighted by molar-refractivity contribution is 7.89. The van der Waals surface area contributed by atoms with Crippen molar-refractivity contribution in [1.82, 2.24) is 4.72 Å². The molecule has 0 aliphatic heterocycles. The van der Waals surface area contributed by atoms with Crippen molar-refractivity contribution in [2.45, 2.75) is 37.1 Å². The number of nitrogens with one attached hydrogen (secondary N) is 1. The average Bonchev–Trinajstić information content (AvgIpc) is 2.52. The first-order valence-electron chi connectivity index (χ1n) is 7.19. The Bertz CT molecular complexity index is 714. The van der Waals surface area contributed by atoms with Gasteiger partial charge in [0, 0.05) is 12.1 Å². The highest BCUT2D eigenvalue weighted by atomic mass is 32.2. The van der Waals surface area contributed by atoms with Crippen LogP contribution in [0, 0.1) is 0 Å². The van der Waals surface area contributed by atoms with Crippen LogP contribution in [0.15, 0.2) is 47.4 Å². The summed E-state index contributed by atoms with van der Waals surface area (Å²) in [6.45, 7) is 4.17. The number of benzene rings is 2. The Balaban J connectivity index is 2.41. The fourth-order valence-electron chi connectivity index (χ4n) is 2.40. The number of rotatable bonds is 6. The zero-order chi connectivity index (χ0) is 15.5. The second kappa shape index (κ2) is 6.13. The molecule has 0 saturated carbocycles. The summed E-state index contributed by atoms with van der Waals surface area (Å²) in [7, 11) is -3.58. The van der Waals surface area contributed by atoms with Gasteiger partial charge in [-0.3, -0.25) is 0 Å². The second-order valence-corrected chi connectivity index (χ2v) is 6.99. The molecule has 0 aromatic heterocycles. The molecule has 2 aromatic rings. The largest absolute Gasteiger partial charge is 0.329 e. The molecule has 21 heavy (non-hydrogen) atoms. The summed E-state index contributed by atoms with van der Waals surface area (Å²) < 4.78 is 28.0. The minimum Gasteiger partial charge on any atom is -0.329 e. The van der Waals surface area contributed by atoms with E-state index in [1.807, 2.05) is 44.2 Å². The molecular weight excluding hydrogens is 284 g/mol. The Labute approximate surface area is 126 Å². The summed E-state index contributed by atoms with van der Waals surface area (Å²) >= 11 is 0. The van der Waals surface area contributed by atoms with E-state index in [0.29, 0.717) is 12.8 Å². The van der Waals surface area contributed by atoms with E-state index < -0.39 is 15.6 Å². The number of nitrogens with two attached hydrogens (primary N) is 1. The molecule has 2 rings (SSSR count). The standard InChI is InChI=1S/C16H22N2O2S/c1-3-16(4-2,12-17)18-21(19,20)15-10-9-13-7-5-6-8-14(13)11-15/h5-11,18H,3-4,12,17H2,1-2H3. The van der Waals surface area contributed by atoms with E-state index in [0.717, 1.165) is 10.8 Å². The van der Waals surface area contributed by atoms with Gasteiger partial charge in [-0.2, -0.15) is 0 Å². The van der Waals surface area contributed by atoms with Crippen LogP contribution >= 0.6 is 0 Å². The summed E-state index contributed by atoms with van der Waals surface area (Å²) in [4.78, 5) is 0.279. The van der Waals surface area contributed by atoms with Crippen LogP contribution in [0.2, 0.25) is 0 Å². The molecule has 0 spiro atoms. The maximum Gasteiger partial charge on any atom is 0.241 e. The topological polar surface area (TPSA) is 72.2 Å². The van der Waals surface area contributed by atoms with Crippen LogP contribution in [0.5, 0.6) is 0 Å². The van der Waals surface area contributed by atoms with Gasteiger partial charge < -0.3 is 5.73 Å². The second-order valence-electron chi connectivity index (χ2n) is 5.31. The highest BCUT2D eigenvalue weighted by Gasteiger charge is 2.30. The molecule has 114 valence electrons. The molecule has 5 heteroatoms. The predicted molar refractivity (Wildman–Crippen MR) is 86.6 cm³/mol. The van der Waals surface area contributed by atoms with Crippen molar-refractivity contribution < 1.29 is 8.42 Å². The number of fused-ring (bicyclic) bond motifs is 1. The van der Waals surface area contributed by atoms with Crippen molar-refractivity contribution in [2.24, 2.45) is 5.73 Å². The Morgan fingerprint density at radius 2 is 1.67 bits per heavy atom. The van der Waals surface area contributed by atoms with Crippen LogP contribution in [-0.4, -0.2) is 20.5 Å². The van der Waals surface area contributed by atoms with Gasteiger partial charge in [-0.05, 0) is 35.7 Å². The normalized spacial score (nSPS) is 12.7. The van der Waals surface area contributed by atoms with Gasteiger partial charge in [0.25, 0.3) is 0 Å². The quantitative estimate of drug-likeness (QED) is 0.861. The van der Waals surface area contributed by atoms with Crippen molar-refractivity contribution in [3.63, 3.8) is 0 Å². The first-order valence-corrected chi connectivity index (χ1v) is 8.67. The van der Waals surface area contributed by atoms with Crippen LogP contribution in [-0.2, 0) is 10.0 Å². The van der Waals surface area contributed by atoms with Crippen LogP contribution in [0.25, 0.3) is 10.8 Å². The third-order valence-corrected chi connectivity index (χ3v) is 5.70. The van der Waals surface area contributed by atoms with Crippen molar-refractivity contribution in [2.75, 3.05) is 6.54 Å². The first kappa shape index (κ1) is 15.9. The molecule has 0 radical (unpaired) electrons. The maximum atomic E-state index is 12.6. The SMILES string of the molecule is CCC(CC)(CN)NS(=O)(=O)c1ccc2ccccc2c1. The van der Waals surface area contributed by atoms with Gasteiger partial charge in [0.2, 0.25) is 10.0 Å². The minimum absolute atomic E-state index is 0.279. The molecule has 4 nitrogen and oxygen atoms in total. The fourth-order valence-corrected chi connectivity index (χ4v) is 3.99. The average molecular weight is 306 g/mol. The highest BCUT2D eigenvalue weighted by Crippen LogP contribution is 2.22. The van der Waals surface area contributed by atoms with Gasteiger partial charge in [-0.1, -0.05) is 44.2 Å². The lowest BCUT2D eigenvalue weighted by molar-refractivity contribution is 0.363. The minimum atomic E-state index is -3.58. The monoisotopic (exact) mass is 306 g/mol. The smallest absolute Gasteiger partial charge is 0.241 e. The van der Waals surface area contributed by atoms with Gasteiger partial charge in [-0.15, -0.1) is 0 Å². The van der Waals surface area contributed by atoms with E-state index in [1.165, 1.54) is 0 Å². The van der Waals surface area contributed by atoms with Gasteiger partial charge in [0.15, 0.2) is 0 Å². The van der Waals surface area contributed by atoms with Gasteiger partial charge in [-0.25, -0.2) is 13.1 Å². The van der Waals surface area contributed by atoms with Crippen LogP contribution in [0.4, 0.5) is 0 Å². The Morgan fingerprint density at radius 3 is 2.24 bits per heavy atom. The molecule has 0 heterocycles. The lowest BCUT2D eigenvalue weighted by atomic mass is 9.95. The molecule has 0 saturated heterocycles. The third kappa shape index (κ3) is 3.26. The van der Waals surface area contributed by atoms with Crippen molar-refractivity contribution in [1.29, 1.82) is 0 Å². The molecule has 0 aliphatic carbocycles. The Kier molecular flexibility index (Phi) is 4.66. The Morgan fingerprint density at radius 1 is 1.05 bits per heavy atom. The zero-order valence-corrected chi connectivity index (χ0v) is 13.3. The van der Waals surface area contributed by atoms with Crippen molar-refractivity contribution in [3.05, 3.63) is 42.5 Å². The molecule has 0 unspecified atom stereocenters. The summed E-state index contributed by atoms with van der Waals surface area (Å²) in [5, 5.41) is 1.93. The number of hydrogen-bond acceptors (Lipinski definition) is 3. The first-order chi connectivity index (χ1) is 9.96. The van der Waals surface area contributed by atoms with E-state index in [-0.39, 0.29) is 11.4 Å². The summed E-state index contributed by atoms with van der Waals surface area (Å²) in [6, 6.07) is 12.9. The fraction of sp³-hybridized carbons (Fsp3) is 0.375. The number of hydrogen-bond donors (Lipinski definition) is 2. The molecule has 3 N–H and O–H groups in total. The lowest BCUT2D eigenvalue weighted by Gasteiger charge is -2.31. The predicted octanol–water partition coefficient (Wildman–Crippen LogP) is 2.64. The summed E-state index contributed by atoms with van der Waals surface area (Å²) in [6.07, 6.45) is 1.32. The van der Waals surface area contributed by atoms with Crippen LogP contribution in [0.3, 0.4) is 0 Å². The van der Waals surface area contributed by atoms with Gasteiger partial charge in [0.05, 0.1) is 4.90 Å². The van der Waals surface area contributed by atoms with Gasteiger partial charge in [0.1, 0.15) is 0 Å². The van der Waals surface area contributed by atoms with Gasteiger partial charge >= 0.3 is 0 Å². The lowest BCUT2D eigenvalue weighted by Crippen LogP contribution is -2.52. The molecule has 0 atom stereocenters. The van der Waals surface area contributed by atoms with E-state index in [4.69, 9.17) is 5.73 Å². The summed E-state index contributed by atoms with van der Waals surface area (Å²) in [5.41, 5.74) is 5.20. The third-order valence-electron chi connectivity index (χ3n) is 4.13. The van der Waals surface area contributed by atoms with E-state index in [2.05, 4.69) is 4.72 Å². The molecule has 0 bridgehead atoms. The van der Waals surface area contributed by atoms with Crippen molar-refractivity contribution >= 4 is 20.8 Å². The molecule has 0 fully saturated rings. The summed E-state index contributed by atoms with van der Waals surface area (Å²) in [5.74, 6) is 0. The molecule has 0 aliphatic rings. The van der Waals surface area contributed by atoms with E-state index in [1.54, 1.807) is 12.1 Å². The van der Waals surface area contributed by atoms with Crippen LogP contribution in [0.1, 0.15) is 26.7 Å². The zero-order valence-electron chi connectivity index (χ0n) is 12.5. The van der Waals surface area contributed by atoms with E-state index >= 15 is 0 Å². The maximum absolute atomic E-state index is 12.6. The molecular formula is C16H22N2O2S.